The van der Waals surface area contributed by atoms with Gasteiger partial charge in [-0.1, -0.05) is 18.5 Å². The molecule has 18 heavy (non-hydrogen) atoms. The molecule has 0 aromatic carbocycles. The first kappa shape index (κ1) is 14.7. The Morgan fingerprint density at radius 3 is 2.78 bits per heavy atom. The lowest BCUT2D eigenvalue weighted by atomic mass is 10.2. The molecule has 6 nitrogen and oxygen atoms in total. The third-order valence-electron chi connectivity index (χ3n) is 2.29. The predicted octanol–water partition coefficient (Wildman–Crippen LogP) is 0.999. The number of rotatable bonds is 5. The van der Waals surface area contributed by atoms with Crippen molar-refractivity contribution in [3.8, 4) is 6.07 Å². The summed E-state index contributed by atoms with van der Waals surface area (Å²) in [4.78, 5) is 13.1. The number of pyridine rings is 1. The van der Waals surface area contributed by atoms with Crippen LogP contribution in [-0.4, -0.2) is 19.4 Å². The Morgan fingerprint density at radius 2 is 2.28 bits per heavy atom. The Hall–Kier alpha value is -1.36. The molecule has 1 atom stereocenters. The van der Waals surface area contributed by atoms with Gasteiger partial charge in [0.15, 0.2) is 0 Å². The van der Waals surface area contributed by atoms with E-state index < -0.39 is 21.6 Å². The third kappa shape index (κ3) is 3.57. The molecule has 1 unspecified atom stereocenters. The third-order valence-corrected chi connectivity index (χ3v) is 4.07. The average Bonchev–Trinajstić information content (AvgIpc) is 2.31. The van der Waals surface area contributed by atoms with Crippen molar-refractivity contribution in [2.45, 2.75) is 30.7 Å². The van der Waals surface area contributed by atoms with Gasteiger partial charge in [-0.05, 0) is 12.5 Å². The van der Waals surface area contributed by atoms with Crippen LogP contribution in [-0.2, 0) is 10.0 Å². The van der Waals surface area contributed by atoms with Gasteiger partial charge >= 0.3 is 0 Å². The average molecular weight is 290 g/mol. The van der Waals surface area contributed by atoms with Crippen molar-refractivity contribution >= 4 is 21.6 Å². The summed E-state index contributed by atoms with van der Waals surface area (Å²) in [6, 6.07) is 2.51. The molecule has 0 fully saturated rings. The highest BCUT2D eigenvalue weighted by molar-refractivity contribution is 7.89. The summed E-state index contributed by atoms with van der Waals surface area (Å²) in [5, 5.41) is 8.36. The fourth-order valence-corrected chi connectivity index (χ4v) is 2.81. The maximum atomic E-state index is 11.9. The maximum Gasteiger partial charge on any atom is 0.266 e. The van der Waals surface area contributed by atoms with Gasteiger partial charge < -0.3 is 4.98 Å². The van der Waals surface area contributed by atoms with E-state index in [1.807, 2.05) is 6.07 Å². The van der Waals surface area contributed by atoms with Crippen LogP contribution in [0.1, 0.15) is 19.8 Å². The lowest BCUT2D eigenvalue weighted by molar-refractivity contribution is 0.542. The highest BCUT2D eigenvalue weighted by Gasteiger charge is 2.19. The molecule has 0 radical (unpaired) electrons. The van der Waals surface area contributed by atoms with Crippen LogP contribution in [0.2, 0.25) is 5.02 Å². The summed E-state index contributed by atoms with van der Waals surface area (Å²) in [5.74, 6) is 0. The van der Waals surface area contributed by atoms with Gasteiger partial charge in [0.2, 0.25) is 10.0 Å². The molecule has 8 heteroatoms. The van der Waals surface area contributed by atoms with Gasteiger partial charge in [-0.15, -0.1) is 0 Å². The Bertz CT molecular complexity index is 618. The second-order valence-electron chi connectivity index (χ2n) is 3.60. The molecule has 0 aliphatic heterocycles. The van der Waals surface area contributed by atoms with E-state index >= 15 is 0 Å². The van der Waals surface area contributed by atoms with Crippen molar-refractivity contribution in [2.24, 2.45) is 0 Å². The second kappa shape index (κ2) is 6.00. The lowest BCUT2D eigenvalue weighted by Gasteiger charge is -2.13. The van der Waals surface area contributed by atoms with E-state index in [2.05, 4.69) is 9.71 Å². The van der Waals surface area contributed by atoms with E-state index in [0.29, 0.717) is 6.42 Å². The van der Waals surface area contributed by atoms with Crippen molar-refractivity contribution < 1.29 is 8.42 Å². The van der Waals surface area contributed by atoms with Gasteiger partial charge in [0.05, 0.1) is 17.4 Å². The molecule has 1 rings (SSSR count). The van der Waals surface area contributed by atoms with Gasteiger partial charge in [0, 0.05) is 12.2 Å². The molecule has 0 amide bonds. The normalized spacial score (nSPS) is 12.9. The zero-order valence-corrected chi connectivity index (χ0v) is 11.2. The number of sulfonamides is 1. The molecular weight excluding hydrogens is 278 g/mol. The molecule has 0 aliphatic carbocycles. The van der Waals surface area contributed by atoms with Crippen molar-refractivity contribution in [2.75, 3.05) is 0 Å². The second-order valence-corrected chi connectivity index (χ2v) is 5.72. The maximum absolute atomic E-state index is 11.9. The van der Waals surface area contributed by atoms with Gasteiger partial charge in [-0.3, -0.25) is 4.79 Å². The zero-order valence-electron chi connectivity index (χ0n) is 9.60. The number of aromatic nitrogens is 1. The Labute approximate surface area is 110 Å². The lowest BCUT2D eigenvalue weighted by Crippen LogP contribution is -2.34. The van der Waals surface area contributed by atoms with E-state index in [4.69, 9.17) is 16.9 Å². The molecule has 0 spiro atoms. The van der Waals surface area contributed by atoms with Crippen LogP contribution in [0.15, 0.2) is 22.0 Å². The number of hydrogen-bond acceptors (Lipinski definition) is 4. The summed E-state index contributed by atoms with van der Waals surface area (Å²) in [6.07, 6.45) is 1.63. The minimum atomic E-state index is -3.79. The number of halogens is 1. The number of nitrogens with one attached hydrogen (secondary N) is 2. The van der Waals surface area contributed by atoms with Crippen molar-refractivity contribution in [1.82, 2.24) is 9.71 Å². The standard InChI is InChI=1S/C10H12ClN3O3S/c1-2-7(3-4-12)14-18(16,17)8-5-9(11)10(15)13-6-8/h5-7,14H,2-3H2,1H3,(H,13,15). The SMILES string of the molecule is CCC(CC#N)NS(=O)(=O)c1c[nH]c(=O)c(Cl)c1. The first-order valence-electron chi connectivity index (χ1n) is 5.18. The largest absolute Gasteiger partial charge is 0.326 e. The first-order valence-corrected chi connectivity index (χ1v) is 7.04. The zero-order chi connectivity index (χ0) is 13.8. The highest BCUT2D eigenvalue weighted by Crippen LogP contribution is 2.12. The quantitative estimate of drug-likeness (QED) is 0.844. The number of H-pyrrole nitrogens is 1. The first-order chi connectivity index (χ1) is 8.40. The summed E-state index contributed by atoms with van der Waals surface area (Å²) in [6.45, 7) is 1.77. The van der Waals surface area contributed by atoms with Crippen molar-refractivity contribution in [1.29, 1.82) is 5.26 Å². The Balaban J connectivity index is 3.03. The van der Waals surface area contributed by atoms with Crippen molar-refractivity contribution in [3.63, 3.8) is 0 Å². The molecule has 2 N–H and O–H groups in total. The smallest absolute Gasteiger partial charge is 0.266 e. The van der Waals surface area contributed by atoms with Crippen LogP contribution >= 0.6 is 11.6 Å². The van der Waals surface area contributed by atoms with Gasteiger partial charge in [-0.25, -0.2) is 13.1 Å². The topological polar surface area (TPSA) is 103 Å². The fraction of sp³-hybridized carbons (Fsp3) is 0.400. The molecule has 0 saturated carbocycles. The summed E-state index contributed by atoms with van der Waals surface area (Å²) in [5.41, 5.74) is -0.556. The van der Waals surface area contributed by atoms with Gasteiger partial charge in [-0.2, -0.15) is 5.26 Å². The summed E-state index contributed by atoms with van der Waals surface area (Å²) >= 11 is 5.56. The number of hydrogen-bond donors (Lipinski definition) is 2. The van der Waals surface area contributed by atoms with E-state index in [0.717, 1.165) is 12.3 Å². The number of aromatic amines is 1. The van der Waals surface area contributed by atoms with E-state index in [1.165, 1.54) is 0 Å². The van der Waals surface area contributed by atoms with Gasteiger partial charge in [0.25, 0.3) is 5.56 Å². The minimum absolute atomic E-state index is 0.0762. The molecule has 0 bridgehead atoms. The Kier molecular flexibility index (Phi) is 4.90. The summed E-state index contributed by atoms with van der Waals surface area (Å²) in [7, 11) is -3.79. The van der Waals surface area contributed by atoms with Crippen LogP contribution in [0.4, 0.5) is 0 Å². The van der Waals surface area contributed by atoms with Crippen molar-refractivity contribution in [3.05, 3.63) is 27.6 Å². The molecule has 1 aromatic rings. The molecule has 1 aromatic heterocycles. The number of nitriles is 1. The summed E-state index contributed by atoms with van der Waals surface area (Å²) < 4.78 is 26.3. The van der Waals surface area contributed by atoms with Crippen LogP contribution in [0.5, 0.6) is 0 Å². The highest BCUT2D eigenvalue weighted by atomic mass is 35.5. The van der Waals surface area contributed by atoms with Gasteiger partial charge in [0.1, 0.15) is 5.02 Å². The molecule has 1 heterocycles. The van der Waals surface area contributed by atoms with Crippen LogP contribution in [0.3, 0.4) is 0 Å². The fourth-order valence-electron chi connectivity index (χ4n) is 1.26. The molecular formula is C10H12ClN3O3S. The van der Waals surface area contributed by atoms with E-state index in [9.17, 15) is 13.2 Å². The van der Waals surface area contributed by atoms with Crippen LogP contribution < -0.4 is 10.3 Å². The van der Waals surface area contributed by atoms with E-state index in [-0.39, 0.29) is 16.3 Å². The van der Waals surface area contributed by atoms with Crippen LogP contribution in [0.25, 0.3) is 0 Å². The minimum Gasteiger partial charge on any atom is -0.326 e. The Morgan fingerprint density at radius 1 is 1.61 bits per heavy atom. The molecule has 0 aliphatic rings. The molecule has 0 saturated heterocycles. The monoisotopic (exact) mass is 289 g/mol. The molecule has 98 valence electrons. The number of nitrogens with zero attached hydrogens (tertiary/aromatic N) is 1. The van der Waals surface area contributed by atoms with Crippen LogP contribution in [0, 0.1) is 11.3 Å². The predicted molar refractivity (Wildman–Crippen MR) is 66.7 cm³/mol. The van der Waals surface area contributed by atoms with E-state index in [1.54, 1.807) is 6.92 Å².